The molecule has 0 aliphatic carbocycles. The Hall–Kier alpha value is -0.970. The van der Waals surface area contributed by atoms with Crippen molar-refractivity contribution in [3.63, 3.8) is 0 Å². The molecule has 0 aliphatic heterocycles. The van der Waals surface area contributed by atoms with Gasteiger partial charge in [-0.1, -0.05) is 23.7 Å². The minimum Gasteiger partial charge on any atom is -0.384 e. The summed E-state index contributed by atoms with van der Waals surface area (Å²) >= 11 is 8.93. The molecule has 0 bridgehead atoms. The van der Waals surface area contributed by atoms with E-state index in [1.807, 2.05) is 0 Å². The number of halogens is 4. The van der Waals surface area contributed by atoms with Crippen molar-refractivity contribution in [1.82, 2.24) is 0 Å². The predicted molar refractivity (Wildman–Crippen MR) is 69.6 cm³/mol. The molecule has 0 aliphatic rings. The number of rotatable bonds is 2. The van der Waals surface area contributed by atoms with Crippen LogP contribution in [-0.2, 0) is 0 Å². The molecule has 0 saturated carbocycles. The number of aliphatic hydroxyl groups excluding tert-OH is 1. The molecule has 94 valence electrons. The summed E-state index contributed by atoms with van der Waals surface area (Å²) in [5.74, 6) is -1.10. The van der Waals surface area contributed by atoms with E-state index in [0.717, 1.165) is 6.07 Å². The Labute approximate surface area is 116 Å². The van der Waals surface area contributed by atoms with Gasteiger partial charge in [-0.25, -0.2) is 8.78 Å². The molecule has 5 heteroatoms. The molecule has 2 aromatic carbocycles. The summed E-state index contributed by atoms with van der Waals surface area (Å²) in [6, 6.07) is 7.85. The molecule has 0 spiro atoms. The fourth-order valence-corrected chi connectivity index (χ4v) is 2.09. The Morgan fingerprint density at radius 2 is 1.89 bits per heavy atom. The molecular weight excluding hydrogens is 325 g/mol. The molecule has 0 saturated heterocycles. The Morgan fingerprint density at radius 3 is 2.56 bits per heavy atom. The normalized spacial score (nSPS) is 12.5. The smallest absolute Gasteiger partial charge is 0.130 e. The lowest BCUT2D eigenvalue weighted by atomic mass is 10.0. The van der Waals surface area contributed by atoms with Gasteiger partial charge in [0.25, 0.3) is 0 Å². The topological polar surface area (TPSA) is 20.2 Å². The van der Waals surface area contributed by atoms with Gasteiger partial charge in [0, 0.05) is 10.0 Å². The molecule has 1 unspecified atom stereocenters. The second-order valence-corrected chi connectivity index (χ2v) is 5.01. The molecule has 18 heavy (non-hydrogen) atoms. The van der Waals surface area contributed by atoms with E-state index in [1.165, 1.54) is 30.3 Å². The minimum atomic E-state index is -1.26. The van der Waals surface area contributed by atoms with Crippen molar-refractivity contribution >= 4 is 27.5 Å². The van der Waals surface area contributed by atoms with Crippen molar-refractivity contribution < 1.29 is 13.9 Å². The van der Waals surface area contributed by atoms with Crippen LogP contribution < -0.4 is 0 Å². The third kappa shape index (κ3) is 2.71. The van der Waals surface area contributed by atoms with Crippen molar-refractivity contribution in [2.75, 3.05) is 0 Å². The van der Waals surface area contributed by atoms with Gasteiger partial charge in [-0.3, -0.25) is 0 Å². The highest BCUT2D eigenvalue weighted by Gasteiger charge is 2.17. The lowest BCUT2D eigenvalue weighted by Crippen LogP contribution is -2.03. The van der Waals surface area contributed by atoms with Crippen LogP contribution >= 0.6 is 27.5 Å². The van der Waals surface area contributed by atoms with Gasteiger partial charge < -0.3 is 5.11 Å². The van der Waals surface area contributed by atoms with Crippen LogP contribution in [0.5, 0.6) is 0 Å². The number of hydrogen-bond donors (Lipinski definition) is 1. The minimum absolute atomic E-state index is 0.00815. The summed E-state index contributed by atoms with van der Waals surface area (Å²) in [6.45, 7) is 0. The molecule has 1 atom stereocenters. The number of benzene rings is 2. The molecule has 2 rings (SSSR count). The van der Waals surface area contributed by atoms with Crippen molar-refractivity contribution in [3.05, 3.63) is 68.7 Å². The Balaban J connectivity index is 2.46. The lowest BCUT2D eigenvalue weighted by Gasteiger charge is -2.13. The van der Waals surface area contributed by atoms with Crippen LogP contribution in [0.3, 0.4) is 0 Å². The van der Waals surface area contributed by atoms with Crippen molar-refractivity contribution in [2.24, 2.45) is 0 Å². The van der Waals surface area contributed by atoms with Crippen LogP contribution in [0, 0.1) is 11.6 Å². The first-order chi connectivity index (χ1) is 8.49. The third-order valence-electron chi connectivity index (χ3n) is 2.50. The van der Waals surface area contributed by atoms with Gasteiger partial charge in [-0.05, 0) is 45.8 Å². The van der Waals surface area contributed by atoms with Gasteiger partial charge in [0.1, 0.15) is 17.7 Å². The van der Waals surface area contributed by atoms with Crippen molar-refractivity contribution in [2.45, 2.75) is 6.10 Å². The van der Waals surface area contributed by atoms with E-state index in [-0.39, 0.29) is 16.1 Å². The summed E-state index contributed by atoms with van der Waals surface area (Å²) in [6.07, 6.45) is -1.26. The second kappa shape index (κ2) is 5.34. The van der Waals surface area contributed by atoms with Gasteiger partial charge in [-0.15, -0.1) is 0 Å². The summed E-state index contributed by atoms with van der Waals surface area (Å²) < 4.78 is 27.2. The molecule has 0 aromatic heterocycles. The van der Waals surface area contributed by atoms with Gasteiger partial charge in [-0.2, -0.15) is 0 Å². The highest BCUT2D eigenvalue weighted by Crippen LogP contribution is 2.31. The van der Waals surface area contributed by atoms with Gasteiger partial charge in [0.05, 0.1) is 5.02 Å². The van der Waals surface area contributed by atoms with Gasteiger partial charge in [0.2, 0.25) is 0 Å². The number of aliphatic hydroxyl groups is 1. The monoisotopic (exact) mass is 332 g/mol. The zero-order valence-electron chi connectivity index (χ0n) is 9.00. The first kappa shape index (κ1) is 13.5. The fraction of sp³-hybridized carbons (Fsp3) is 0.0769. The van der Waals surface area contributed by atoms with Crippen molar-refractivity contribution in [1.29, 1.82) is 0 Å². The molecular formula is C13H8BrClF2O. The second-order valence-electron chi connectivity index (χ2n) is 3.75. The molecule has 0 amide bonds. The van der Waals surface area contributed by atoms with Crippen molar-refractivity contribution in [3.8, 4) is 0 Å². The van der Waals surface area contributed by atoms with Crippen LogP contribution in [0.1, 0.15) is 17.2 Å². The fourth-order valence-electron chi connectivity index (χ4n) is 1.60. The average molecular weight is 334 g/mol. The molecule has 0 radical (unpaired) electrons. The molecule has 0 fully saturated rings. The van der Waals surface area contributed by atoms with Crippen LogP contribution in [0.4, 0.5) is 8.78 Å². The molecule has 1 N–H and O–H groups in total. The summed E-state index contributed by atoms with van der Waals surface area (Å²) in [7, 11) is 0. The zero-order chi connectivity index (χ0) is 13.3. The Bertz CT molecular complexity index is 589. The van der Waals surface area contributed by atoms with E-state index in [4.69, 9.17) is 11.6 Å². The van der Waals surface area contributed by atoms with Crippen LogP contribution in [0.2, 0.25) is 5.02 Å². The third-order valence-corrected chi connectivity index (χ3v) is 3.70. The molecule has 2 aromatic rings. The Morgan fingerprint density at radius 1 is 1.17 bits per heavy atom. The van der Waals surface area contributed by atoms with E-state index in [9.17, 15) is 13.9 Å². The first-order valence-corrected chi connectivity index (χ1v) is 6.24. The number of hydrogen-bond acceptors (Lipinski definition) is 1. The maximum atomic E-state index is 13.7. The van der Waals surface area contributed by atoms with E-state index < -0.39 is 17.7 Å². The summed E-state index contributed by atoms with van der Waals surface area (Å²) in [5, 5.41) is 10.3. The summed E-state index contributed by atoms with van der Waals surface area (Å²) in [4.78, 5) is 0. The SMILES string of the molecule is OC(c1cccc(F)c1)c1cc(Cl)c(Br)cc1F. The zero-order valence-corrected chi connectivity index (χ0v) is 11.3. The van der Waals surface area contributed by atoms with E-state index in [0.29, 0.717) is 4.47 Å². The first-order valence-electron chi connectivity index (χ1n) is 5.07. The maximum absolute atomic E-state index is 13.7. The Kier molecular flexibility index (Phi) is 4.00. The van der Waals surface area contributed by atoms with E-state index in [1.54, 1.807) is 0 Å². The standard InChI is InChI=1S/C13H8BrClF2O/c14-10-6-12(17)9(5-11(10)15)13(18)7-2-1-3-8(16)4-7/h1-6,13,18H. The van der Waals surface area contributed by atoms with Gasteiger partial charge >= 0.3 is 0 Å². The lowest BCUT2D eigenvalue weighted by molar-refractivity contribution is 0.214. The van der Waals surface area contributed by atoms with Crippen LogP contribution in [0.25, 0.3) is 0 Å². The largest absolute Gasteiger partial charge is 0.384 e. The average Bonchev–Trinajstić information content (AvgIpc) is 2.33. The highest BCUT2D eigenvalue weighted by molar-refractivity contribution is 9.10. The highest BCUT2D eigenvalue weighted by atomic mass is 79.9. The molecule has 0 heterocycles. The van der Waals surface area contributed by atoms with E-state index in [2.05, 4.69) is 15.9 Å². The van der Waals surface area contributed by atoms with Crippen LogP contribution in [-0.4, -0.2) is 5.11 Å². The van der Waals surface area contributed by atoms with Crippen LogP contribution in [0.15, 0.2) is 40.9 Å². The summed E-state index contributed by atoms with van der Waals surface area (Å²) in [5.41, 5.74) is 0.279. The molecule has 1 nitrogen and oxygen atoms in total. The predicted octanol–water partition coefficient (Wildman–Crippen LogP) is 4.46. The van der Waals surface area contributed by atoms with Gasteiger partial charge in [0.15, 0.2) is 0 Å². The maximum Gasteiger partial charge on any atom is 0.130 e. The quantitative estimate of drug-likeness (QED) is 0.804. The van der Waals surface area contributed by atoms with E-state index >= 15 is 0 Å².